The Labute approximate surface area is 124 Å². The Morgan fingerprint density at radius 1 is 1.35 bits per heavy atom. The first-order valence-corrected chi connectivity index (χ1v) is 7.47. The van der Waals surface area contributed by atoms with Crippen LogP contribution in [0.5, 0.6) is 0 Å². The van der Waals surface area contributed by atoms with E-state index in [9.17, 15) is 13.2 Å². The minimum Gasteiger partial charge on any atom is -0.326 e. The van der Waals surface area contributed by atoms with Gasteiger partial charge in [-0.05, 0) is 30.7 Å². The number of nitrogens with one attached hydrogen (secondary N) is 1. The van der Waals surface area contributed by atoms with Crippen LogP contribution >= 0.6 is 12.4 Å². The molecule has 1 amide bonds. The Morgan fingerprint density at radius 3 is 2.40 bits per heavy atom. The number of hydrogen-bond donors (Lipinski definition) is 2. The predicted octanol–water partition coefficient (Wildman–Crippen LogP) is 0.788. The molecule has 6 nitrogen and oxygen atoms in total. The predicted molar refractivity (Wildman–Crippen MR) is 79.3 cm³/mol. The third-order valence-electron chi connectivity index (χ3n) is 3.00. The van der Waals surface area contributed by atoms with Crippen LogP contribution in [0, 0.1) is 0 Å². The van der Waals surface area contributed by atoms with Crippen LogP contribution in [0.15, 0.2) is 29.2 Å². The highest BCUT2D eigenvalue weighted by Crippen LogP contribution is 2.21. The monoisotopic (exact) mass is 319 g/mol. The topological polar surface area (TPSA) is 92.5 Å². The van der Waals surface area contributed by atoms with Crippen LogP contribution in [0.1, 0.15) is 13.3 Å². The van der Waals surface area contributed by atoms with Gasteiger partial charge in [0.1, 0.15) is 0 Å². The first kappa shape index (κ1) is 16.9. The summed E-state index contributed by atoms with van der Waals surface area (Å²) in [7, 11) is -3.48. The molecule has 1 aliphatic rings. The molecule has 1 fully saturated rings. The zero-order valence-corrected chi connectivity index (χ0v) is 12.7. The molecule has 1 atom stereocenters. The van der Waals surface area contributed by atoms with E-state index in [1.165, 1.54) is 23.4 Å². The minimum absolute atomic E-state index is 0. The normalized spacial score (nSPS) is 19.4. The Hall–Kier alpha value is -1.15. The van der Waals surface area contributed by atoms with Crippen LogP contribution in [0.2, 0.25) is 0 Å². The number of hydrogen-bond acceptors (Lipinski definition) is 4. The highest BCUT2D eigenvalue weighted by molar-refractivity contribution is 7.89. The van der Waals surface area contributed by atoms with Gasteiger partial charge in [0.25, 0.3) is 0 Å². The molecule has 1 aromatic rings. The third kappa shape index (κ3) is 3.69. The van der Waals surface area contributed by atoms with E-state index in [1.54, 1.807) is 12.1 Å². The lowest BCUT2D eigenvalue weighted by atomic mass is 10.3. The molecule has 0 radical (unpaired) electrons. The summed E-state index contributed by atoms with van der Waals surface area (Å²) in [4.78, 5) is 11.1. The molecule has 1 aliphatic heterocycles. The zero-order valence-electron chi connectivity index (χ0n) is 11.1. The quantitative estimate of drug-likeness (QED) is 0.861. The van der Waals surface area contributed by atoms with Crippen LogP contribution in [0.25, 0.3) is 0 Å². The van der Waals surface area contributed by atoms with Gasteiger partial charge in [-0.1, -0.05) is 0 Å². The van der Waals surface area contributed by atoms with Gasteiger partial charge in [0.15, 0.2) is 0 Å². The fraction of sp³-hybridized carbons (Fsp3) is 0.417. The molecule has 0 spiro atoms. The summed E-state index contributed by atoms with van der Waals surface area (Å²) < 4.78 is 26.0. The van der Waals surface area contributed by atoms with Gasteiger partial charge in [0.2, 0.25) is 15.9 Å². The van der Waals surface area contributed by atoms with Crippen molar-refractivity contribution < 1.29 is 13.2 Å². The van der Waals surface area contributed by atoms with Gasteiger partial charge in [-0.25, -0.2) is 8.42 Å². The molecule has 8 heteroatoms. The fourth-order valence-electron chi connectivity index (χ4n) is 2.03. The molecular weight excluding hydrogens is 302 g/mol. The van der Waals surface area contributed by atoms with Gasteiger partial charge in [-0.15, -0.1) is 12.4 Å². The van der Waals surface area contributed by atoms with Crippen molar-refractivity contribution in [3.63, 3.8) is 0 Å². The van der Waals surface area contributed by atoms with Crippen molar-refractivity contribution in [2.24, 2.45) is 5.73 Å². The first-order valence-electron chi connectivity index (χ1n) is 6.03. The summed E-state index contributed by atoms with van der Waals surface area (Å²) >= 11 is 0. The van der Waals surface area contributed by atoms with Crippen molar-refractivity contribution in [2.45, 2.75) is 24.3 Å². The molecule has 0 unspecified atom stereocenters. The second-order valence-corrected chi connectivity index (χ2v) is 6.56. The molecule has 112 valence electrons. The lowest BCUT2D eigenvalue weighted by Crippen LogP contribution is -2.31. The number of carbonyl (C=O) groups is 1. The number of nitrogens with two attached hydrogens (primary N) is 1. The maximum Gasteiger partial charge on any atom is 0.243 e. The van der Waals surface area contributed by atoms with Crippen molar-refractivity contribution >= 4 is 34.0 Å². The minimum atomic E-state index is -3.48. The Bertz CT molecular complexity index is 574. The molecule has 3 N–H and O–H groups in total. The SMILES string of the molecule is CC(=O)Nc1ccc(S(=O)(=O)N2CC[C@H](N)C2)cc1.Cl. The average molecular weight is 320 g/mol. The van der Waals surface area contributed by atoms with Gasteiger partial charge >= 0.3 is 0 Å². The molecular formula is C12H18ClN3O3S. The number of benzene rings is 1. The van der Waals surface area contributed by atoms with Crippen LogP contribution in [-0.2, 0) is 14.8 Å². The molecule has 0 aliphatic carbocycles. The maximum absolute atomic E-state index is 12.3. The Morgan fingerprint density at radius 2 is 1.95 bits per heavy atom. The molecule has 2 rings (SSSR count). The van der Waals surface area contributed by atoms with Crippen molar-refractivity contribution in [1.29, 1.82) is 0 Å². The van der Waals surface area contributed by atoms with Gasteiger partial charge in [-0.3, -0.25) is 4.79 Å². The van der Waals surface area contributed by atoms with Gasteiger partial charge in [0.05, 0.1) is 4.90 Å². The number of rotatable bonds is 3. The maximum atomic E-state index is 12.3. The van der Waals surface area contributed by atoms with Crippen LogP contribution in [0.3, 0.4) is 0 Å². The molecule has 1 heterocycles. The fourth-order valence-corrected chi connectivity index (χ4v) is 3.55. The summed E-state index contributed by atoms with van der Waals surface area (Å²) in [6.07, 6.45) is 0.684. The number of carbonyl (C=O) groups excluding carboxylic acids is 1. The molecule has 0 bridgehead atoms. The van der Waals surface area contributed by atoms with E-state index in [4.69, 9.17) is 5.73 Å². The van der Waals surface area contributed by atoms with Crippen LogP contribution < -0.4 is 11.1 Å². The third-order valence-corrected chi connectivity index (χ3v) is 4.88. The van der Waals surface area contributed by atoms with Gasteiger partial charge < -0.3 is 11.1 Å². The van der Waals surface area contributed by atoms with Gasteiger partial charge in [-0.2, -0.15) is 4.31 Å². The standard InChI is InChI=1S/C12H17N3O3S.ClH/c1-9(16)14-11-2-4-12(5-3-11)19(17,18)15-7-6-10(13)8-15;/h2-5,10H,6-8,13H2,1H3,(H,14,16);1H/t10-;/m0./s1. The molecule has 20 heavy (non-hydrogen) atoms. The molecule has 0 saturated carbocycles. The second-order valence-electron chi connectivity index (χ2n) is 4.62. The molecule has 1 aromatic carbocycles. The number of sulfonamides is 1. The van der Waals surface area contributed by atoms with E-state index < -0.39 is 10.0 Å². The second kappa shape index (κ2) is 6.53. The smallest absolute Gasteiger partial charge is 0.243 e. The summed E-state index contributed by atoms with van der Waals surface area (Å²) in [6, 6.07) is 6.04. The first-order chi connectivity index (χ1) is 8.89. The van der Waals surface area contributed by atoms with Gasteiger partial charge in [0, 0.05) is 31.7 Å². The summed E-state index contributed by atoms with van der Waals surface area (Å²) in [6.45, 7) is 2.21. The zero-order chi connectivity index (χ0) is 14.0. The van der Waals surface area contributed by atoms with Crippen LogP contribution in [0.4, 0.5) is 5.69 Å². The molecule has 1 saturated heterocycles. The van der Waals surface area contributed by atoms with Crippen molar-refractivity contribution in [2.75, 3.05) is 18.4 Å². The summed E-state index contributed by atoms with van der Waals surface area (Å²) in [5.41, 5.74) is 6.30. The van der Waals surface area contributed by atoms with E-state index in [-0.39, 0.29) is 29.3 Å². The number of amides is 1. The Balaban J connectivity index is 0.00000200. The number of nitrogens with zero attached hydrogens (tertiary/aromatic N) is 1. The summed E-state index contributed by atoms with van der Waals surface area (Å²) in [5.74, 6) is -0.193. The van der Waals surface area contributed by atoms with Crippen LogP contribution in [-0.4, -0.2) is 37.8 Å². The number of anilines is 1. The average Bonchev–Trinajstić information content (AvgIpc) is 2.76. The lowest BCUT2D eigenvalue weighted by molar-refractivity contribution is -0.114. The van der Waals surface area contributed by atoms with E-state index in [1.807, 2.05) is 0 Å². The summed E-state index contributed by atoms with van der Waals surface area (Å²) in [5, 5.41) is 2.59. The highest BCUT2D eigenvalue weighted by Gasteiger charge is 2.30. The van der Waals surface area contributed by atoms with Crippen molar-refractivity contribution in [3.05, 3.63) is 24.3 Å². The Kier molecular flexibility index (Phi) is 5.52. The van der Waals surface area contributed by atoms with E-state index in [0.29, 0.717) is 25.2 Å². The van der Waals surface area contributed by atoms with E-state index >= 15 is 0 Å². The molecule has 0 aromatic heterocycles. The lowest BCUT2D eigenvalue weighted by Gasteiger charge is -2.16. The van der Waals surface area contributed by atoms with E-state index in [0.717, 1.165) is 0 Å². The van der Waals surface area contributed by atoms with Crippen molar-refractivity contribution in [1.82, 2.24) is 4.31 Å². The van der Waals surface area contributed by atoms with Crippen molar-refractivity contribution in [3.8, 4) is 0 Å². The largest absolute Gasteiger partial charge is 0.326 e. The highest BCUT2D eigenvalue weighted by atomic mass is 35.5. The number of halogens is 1. The van der Waals surface area contributed by atoms with E-state index in [2.05, 4.69) is 5.32 Å².